The van der Waals surface area contributed by atoms with E-state index in [1.807, 2.05) is 42.7 Å². The number of nitrogens with zero attached hydrogens (tertiary/aromatic N) is 2. The summed E-state index contributed by atoms with van der Waals surface area (Å²) in [5, 5.41) is 2.88. The maximum Gasteiger partial charge on any atom is 0.220 e. The Balaban J connectivity index is 1.38. The number of benzene rings is 2. The number of aryl methyl sites for hydroxylation is 1. The number of fused-ring (bicyclic) bond motifs is 1. The van der Waals surface area contributed by atoms with Gasteiger partial charge in [-0.05, 0) is 30.7 Å². The molecule has 5 nitrogen and oxygen atoms in total. The number of carbonyl (C=O) groups excluding carboxylic acids is 2. The Hall–Kier alpha value is -2.47. The van der Waals surface area contributed by atoms with Crippen molar-refractivity contribution >= 4 is 38.7 Å². The Kier molecular flexibility index (Phi) is 6.17. The number of para-hydroxylation sites is 2. The fourth-order valence-corrected chi connectivity index (χ4v) is 3.03. The molecule has 3 rings (SSSR count). The lowest BCUT2D eigenvalue weighted by Crippen LogP contribution is -2.25. The zero-order valence-electron chi connectivity index (χ0n) is 14.3. The molecule has 26 heavy (non-hydrogen) atoms. The fourth-order valence-electron chi connectivity index (χ4n) is 2.76. The van der Waals surface area contributed by atoms with Gasteiger partial charge in [-0.2, -0.15) is 0 Å². The number of halogens is 1. The molecule has 0 aliphatic heterocycles. The number of ketones is 1. The summed E-state index contributed by atoms with van der Waals surface area (Å²) in [6.07, 6.45) is 3.07. The van der Waals surface area contributed by atoms with Crippen molar-refractivity contribution in [1.82, 2.24) is 14.9 Å². The zero-order valence-corrected chi connectivity index (χ0v) is 15.9. The average Bonchev–Trinajstić information content (AvgIpc) is 3.07. The molecule has 1 heterocycles. The normalized spacial score (nSPS) is 10.8. The molecule has 0 bridgehead atoms. The first kappa shape index (κ1) is 18.3. The Bertz CT molecular complexity index is 903. The van der Waals surface area contributed by atoms with Crippen molar-refractivity contribution < 1.29 is 9.59 Å². The first-order valence-electron chi connectivity index (χ1n) is 8.59. The third-order valence-electron chi connectivity index (χ3n) is 4.17. The molecule has 1 amide bonds. The van der Waals surface area contributed by atoms with Crippen molar-refractivity contribution in [3.05, 3.63) is 64.9 Å². The lowest BCUT2D eigenvalue weighted by Gasteiger charge is -2.07. The highest BCUT2D eigenvalue weighted by Gasteiger charge is 2.09. The van der Waals surface area contributed by atoms with E-state index in [-0.39, 0.29) is 24.5 Å². The van der Waals surface area contributed by atoms with E-state index in [9.17, 15) is 9.59 Å². The lowest BCUT2D eigenvalue weighted by atomic mass is 10.1. The molecule has 0 atom stereocenters. The SMILES string of the molecule is O=C(CCC(=O)c1ccc(Br)cc1)NCCCn1cnc2ccccc21. The molecule has 0 aliphatic carbocycles. The molecule has 134 valence electrons. The van der Waals surface area contributed by atoms with Crippen LogP contribution in [0.25, 0.3) is 11.0 Å². The van der Waals surface area contributed by atoms with E-state index in [0.29, 0.717) is 12.1 Å². The van der Waals surface area contributed by atoms with Crippen molar-refractivity contribution in [2.75, 3.05) is 6.54 Å². The largest absolute Gasteiger partial charge is 0.356 e. The van der Waals surface area contributed by atoms with E-state index in [1.165, 1.54) is 0 Å². The van der Waals surface area contributed by atoms with Crippen LogP contribution in [-0.2, 0) is 11.3 Å². The predicted octanol–water partition coefficient (Wildman–Crippen LogP) is 3.97. The maximum absolute atomic E-state index is 12.1. The number of hydrogen-bond donors (Lipinski definition) is 1. The summed E-state index contributed by atoms with van der Waals surface area (Å²) in [7, 11) is 0. The second-order valence-corrected chi connectivity index (χ2v) is 6.98. The molecule has 0 aliphatic rings. The molecule has 0 saturated carbocycles. The Labute approximate surface area is 160 Å². The number of nitrogens with one attached hydrogen (secondary N) is 1. The van der Waals surface area contributed by atoms with Gasteiger partial charge in [0.1, 0.15) is 0 Å². The molecule has 0 radical (unpaired) electrons. The lowest BCUT2D eigenvalue weighted by molar-refractivity contribution is -0.121. The number of Topliss-reactive ketones (excluding diaryl/α,β-unsaturated/α-hetero) is 1. The van der Waals surface area contributed by atoms with E-state index in [0.717, 1.165) is 28.5 Å². The molecule has 2 aromatic carbocycles. The van der Waals surface area contributed by atoms with Gasteiger partial charge < -0.3 is 9.88 Å². The maximum atomic E-state index is 12.1. The Morgan fingerprint density at radius 3 is 2.62 bits per heavy atom. The standard InChI is InChI=1S/C20H20BrN3O2/c21-16-8-6-15(7-9-16)19(25)10-11-20(26)22-12-3-13-24-14-23-17-4-1-2-5-18(17)24/h1-2,4-9,14H,3,10-13H2,(H,22,26). The van der Waals surface area contributed by atoms with Crippen LogP contribution in [-0.4, -0.2) is 27.8 Å². The van der Waals surface area contributed by atoms with Crippen LogP contribution in [0.15, 0.2) is 59.3 Å². The second kappa shape index (κ2) is 8.76. The first-order valence-corrected chi connectivity index (χ1v) is 9.38. The van der Waals surface area contributed by atoms with Crippen LogP contribution < -0.4 is 5.32 Å². The number of aromatic nitrogens is 2. The molecule has 0 saturated heterocycles. The van der Waals surface area contributed by atoms with Gasteiger partial charge in [0, 0.05) is 36.0 Å². The van der Waals surface area contributed by atoms with Gasteiger partial charge in [0.05, 0.1) is 17.4 Å². The number of amides is 1. The van der Waals surface area contributed by atoms with Crippen LogP contribution in [0.3, 0.4) is 0 Å². The van der Waals surface area contributed by atoms with Gasteiger partial charge in [-0.3, -0.25) is 9.59 Å². The van der Waals surface area contributed by atoms with E-state index in [1.54, 1.807) is 12.1 Å². The minimum atomic E-state index is -0.0917. The molecule has 0 unspecified atom stereocenters. The number of hydrogen-bond acceptors (Lipinski definition) is 3. The molecule has 3 aromatic rings. The van der Waals surface area contributed by atoms with Crippen molar-refractivity contribution in [2.24, 2.45) is 0 Å². The Morgan fingerprint density at radius 2 is 1.81 bits per heavy atom. The summed E-state index contributed by atoms with van der Waals surface area (Å²) in [5.41, 5.74) is 2.70. The summed E-state index contributed by atoms with van der Waals surface area (Å²) in [6.45, 7) is 1.37. The van der Waals surface area contributed by atoms with Crippen LogP contribution in [0.5, 0.6) is 0 Å². The monoisotopic (exact) mass is 413 g/mol. The summed E-state index contributed by atoms with van der Waals surface area (Å²) in [5.74, 6) is -0.108. The summed E-state index contributed by atoms with van der Waals surface area (Å²) < 4.78 is 3.01. The van der Waals surface area contributed by atoms with E-state index in [2.05, 4.69) is 30.8 Å². The van der Waals surface area contributed by atoms with Gasteiger partial charge in [0.2, 0.25) is 5.91 Å². The van der Waals surface area contributed by atoms with Crippen molar-refractivity contribution in [3.63, 3.8) is 0 Å². The number of rotatable bonds is 8. The van der Waals surface area contributed by atoms with Gasteiger partial charge >= 0.3 is 0 Å². The molecule has 0 spiro atoms. The van der Waals surface area contributed by atoms with Crippen molar-refractivity contribution in [3.8, 4) is 0 Å². The van der Waals surface area contributed by atoms with Crippen LogP contribution in [0, 0.1) is 0 Å². The van der Waals surface area contributed by atoms with E-state index >= 15 is 0 Å². The smallest absolute Gasteiger partial charge is 0.220 e. The second-order valence-electron chi connectivity index (χ2n) is 6.06. The van der Waals surface area contributed by atoms with Crippen LogP contribution >= 0.6 is 15.9 Å². The zero-order chi connectivity index (χ0) is 18.4. The number of imidazole rings is 1. The molecule has 6 heteroatoms. The van der Waals surface area contributed by atoms with Crippen LogP contribution in [0.2, 0.25) is 0 Å². The summed E-state index contributed by atoms with van der Waals surface area (Å²) >= 11 is 3.34. The molecule has 1 N–H and O–H groups in total. The minimum absolute atomic E-state index is 0.0162. The summed E-state index contributed by atoms with van der Waals surface area (Å²) in [6, 6.07) is 15.2. The first-order chi connectivity index (χ1) is 12.6. The van der Waals surface area contributed by atoms with Gasteiger partial charge in [0.25, 0.3) is 0 Å². The highest BCUT2D eigenvalue weighted by molar-refractivity contribution is 9.10. The quantitative estimate of drug-likeness (QED) is 0.448. The van der Waals surface area contributed by atoms with E-state index < -0.39 is 0 Å². The van der Waals surface area contributed by atoms with Gasteiger partial charge in [0.15, 0.2) is 5.78 Å². The number of carbonyl (C=O) groups is 2. The van der Waals surface area contributed by atoms with Crippen molar-refractivity contribution in [1.29, 1.82) is 0 Å². The summed E-state index contributed by atoms with van der Waals surface area (Å²) in [4.78, 5) is 28.3. The molecular formula is C20H20BrN3O2. The van der Waals surface area contributed by atoms with Crippen molar-refractivity contribution in [2.45, 2.75) is 25.8 Å². The van der Waals surface area contributed by atoms with Gasteiger partial charge in [-0.25, -0.2) is 4.98 Å². The highest BCUT2D eigenvalue weighted by atomic mass is 79.9. The van der Waals surface area contributed by atoms with E-state index in [4.69, 9.17) is 0 Å². The fraction of sp³-hybridized carbons (Fsp3) is 0.250. The molecule has 1 aromatic heterocycles. The Morgan fingerprint density at radius 1 is 1.04 bits per heavy atom. The average molecular weight is 414 g/mol. The third-order valence-corrected chi connectivity index (χ3v) is 4.70. The van der Waals surface area contributed by atoms with Gasteiger partial charge in [-0.15, -0.1) is 0 Å². The predicted molar refractivity (Wildman–Crippen MR) is 105 cm³/mol. The highest BCUT2D eigenvalue weighted by Crippen LogP contribution is 2.13. The van der Waals surface area contributed by atoms with Crippen LogP contribution in [0.4, 0.5) is 0 Å². The van der Waals surface area contributed by atoms with Gasteiger partial charge in [-0.1, -0.05) is 40.2 Å². The topological polar surface area (TPSA) is 64.0 Å². The molecular weight excluding hydrogens is 394 g/mol. The third kappa shape index (κ3) is 4.79. The molecule has 0 fully saturated rings. The minimum Gasteiger partial charge on any atom is -0.356 e. The van der Waals surface area contributed by atoms with Crippen LogP contribution in [0.1, 0.15) is 29.6 Å².